The zero-order chi connectivity index (χ0) is 21.1. The number of thioether (sulfide) groups is 1. The number of carbonyl (C=O) groups is 3. The number of carbonyl (C=O) groups excluding carboxylic acids is 3. The molecule has 0 aromatic heterocycles. The molecular formula is C18H12FN3O6S. The first-order valence-electron chi connectivity index (χ1n) is 8.03. The van der Waals surface area contributed by atoms with Crippen LogP contribution in [0.15, 0.2) is 47.4 Å². The first-order valence-corrected chi connectivity index (χ1v) is 8.84. The number of aromatic hydroxyl groups is 1. The molecule has 1 fully saturated rings. The van der Waals surface area contributed by atoms with E-state index in [9.17, 15) is 34.0 Å². The quantitative estimate of drug-likeness (QED) is 0.434. The Balaban J connectivity index is 1.73. The molecule has 2 N–H and O–H groups in total. The van der Waals surface area contributed by atoms with E-state index in [1.165, 1.54) is 24.3 Å². The third-order valence-corrected chi connectivity index (χ3v) is 4.70. The Bertz CT molecular complexity index is 1050. The van der Waals surface area contributed by atoms with Gasteiger partial charge in [0.2, 0.25) is 5.91 Å². The summed E-state index contributed by atoms with van der Waals surface area (Å²) in [6.45, 7) is -0.547. The number of benzene rings is 2. The number of anilines is 1. The normalized spacial score (nSPS) is 15.1. The molecule has 1 aliphatic heterocycles. The summed E-state index contributed by atoms with van der Waals surface area (Å²) >= 11 is 0.582. The Morgan fingerprint density at radius 1 is 1.24 bits per heavy atom. The first kappa shape index (κ1) is 20.0. The fraction of sp³-hybridized carbons (Fsp3) is 0.0556. The van der Waals surface area contributed by atoms with Crippen LogP contribution in [0.4, 0.5) is 20.6 Å². The van der Waals surface area contributed by atoms with Crippen molar-refractivity contribution in [2.75, 3.05) is 11.9 Å². The number of nitrogens with zero attached hydrogens (tertiary/aromatic N) is 2. The van der Waals surface area contributed by atoms with Gasteiger partial charge in [-0.15, -0.1) is 0 Å². The molecule has 1 saturated heterocycles. The van der Waals surface area contributed by atoms with Crippen LogP contribution in [0.25, 0.3) is 6.08 Å². The van der Waals surface area contributed by atoms with Gasteiger partial charge in [-0.1, -0.05) is 6.07 Å². The summed E-state index contributed by atoms with van der Waals surface area (Å²) in [5, 5.41) is 22.1. The molecule has 11 heteroatoms. The molecule has 2 aromatic carbocycles. The number of halogens is 1. The maximum Gasteiger partial charge on any atom is 0.311 e. The molecule has 3 amide bonds. The van der Waals surface area contributed by atoms with Crippen LogP contribution >= 0.6 is 11.8 Å². The molecule has 0 atom stereocenters. The summed E-state index contributed by atoms with van der Waals surface area (Å²) in [4.78, 5) is 47.4. The number of amides is 3. The van der Waals surface area contributed by atoms with E-state index < -0.39 is 45.8 Å². The van der Waals surface area contributed by atoms with Gasteiger partial charge in [-0.3, -0.25) is 29.4 Å². The van der Waals surface area contributed by atoms with Gasteiger partial charge in [-0.25, -0.2) is 4.39 Å². The second kappa shape index (κ2) is 8.10. The highest BCUT2D eigenvalue weighted by Gasteiger charge is 2.36. The largest absolute Gasteiger partial charge is 0.502 e. The van der Waals surface area contributed by atoms with Gasteiger partial charge in [0.05, 0.1) is 9.83 Å². The van der Waals surface area contributed by atoms with Crippen molar-refractivity contribution < 1.29 is 28.8 Å². The van der Waals surface area contributed by atoms with Gasteiger partial charge in [-0.05, 0) is 53.7 Å². The van der Waals surface area contributed by atoms with E-state index in [-0.39, 0.29) is 10.5 Å². The van der Waals surface area contributed by atoms with Crippen LogP contribution in [-0.4, -0.2) is 38.5 Å². The molecule has 0 spiro atoms. The van der Waals surface area contributed by atoms with E-state index in [2.05, 4.69) is 5.32 Å². The highest BCUT2D eigenvalue weighted by Crippen LogP contribution is 2.34. The van der Waals surface area contributed by atoms with Crippen LogP contribution in [0.3, 0.4) is 0 Å². The standard InChI is InChI=1S/C18H12FN3O6S/c19-11-2-4-12(5-3-11)20-16(24)9-21-17(25)15(29-18(21)26)8-10-1-6-14(23)13(7-10)22(27)28/h1-8,23H,9H2,(H,20,24)/b15-8-. The second-order valence-electron chi connectivity index (χ2n) is 5.83. The Morgan fingerprint density at radius 3 is 2.59 bits per heavy atom. The average molecular weight is 417 g/mol. The fourth-order valence-electron chi connectivity index (χ4n) is 2.44. The van der Waals surface area contributed by atoms with Gasteiger partial charge in [0, 0.05) is 11.8 Å². The Kier molecular flexibility index (Phi) is 5.59. The zero-order valence-corrected chi connectivity index (χ0v) is 15.3. The monoisotopic (exact) mass is 417 g/mol. The molecule has 148 valence electrons. The van der Waals surface area contributed by atoms with E-state index in [4.69, 9.17) is 0 Å². The Hall–Kier alpha value is -3.73. The third kappa shape index (κ3) is 4.58. The molecule has 29 heavy (non-hydrogen) atoms. The summed E-state index contributed by atoms with van der Waals surface area (Å²) in [6.07, 6.45) is 1.26. The van der Waals surface area contributed by atoms with Crippen LogP contribution < -0.4 is 5.32 Å². The average Bonchev–Trinajstić information content (AvgIpc) is 2.92. The van der Waals surface area contributed by atoms with Gasteiger partial charge in [0.1, 0.15) is 12.4 Å². The fourth-order valence-corrected chi connectivity index (χ4v) is 3.28. The molecule has 3 rings (SSSR count). The minimum atomic E-state index is -0.780. The molecule has 2 aromatic rings. The number of nitro benzene ring substituents is 1. The number of imide groups is 1. The second-order valence-corrected chi connectivity index (χ2v) is 6.82. The number of hydrogen-bond acceptors (Lipinski definition) is 7. The SMILES string of the molecule is O=C(CN1C(=O)S/C(=C\c2ccc(O)c([N+](=O)[O-])c2)C1=O)Nc1ccc(F)cc1. The van der Waals surface area contributed by atoms with Crippen molar-refractivity contribution in [2.24, 2.45) is 0 Å². The zero-order valence-electron chi connectivity index (χ0n) is 14.5. The predicted octanol–water partition coefficient (Wildman–Crippen LogP) is 3.11. The number of nitrogens with one attached hydrogen (secondary N) is 1. The van der Waals surface area contributed by atoms with Crippen molar-refractivity contribution in [2.45, 2.75) is 0 Å². The van der Waals surface area contributed by atoms with Crippen LogP contribution in [0.1, 0.15) is 5.56 Å². The van der Waals surface area contributed by atoms with E-state index in [0.29, 0.717) is 17.4 Å². The maximum atomic E-state index is 12.9. The minimum Gasteiger partial charge on any atom is -0.502 e. The number of nitro groups is 1. The van der Waals surface area contributed by atoms with Crippen molar-refractivity contribution >= 4 is 46.3 Å². The number of rotatable bonds is 5. The number of hydrogen-bond donors (Lipinski definition) is 2. The van der Waals surface area contributed by atoms with E-state index in [0.717, 1.165) is 29.2 Å². The van der Waals surface area contributed by atoms with Crippen LogP contribution in [0, 0.1) is 15.9 Å². The Morgan fingerprint density at radius 2 is 1.93 bits per heavy atom. The summed E-state index contributed by atoms with van der Waals surface area (Å²) in [5.41, 5.74) is -0.0114. The minimum absolute atomic E-state index is 0.0235. The highest BCUT2D eigenvalue weighted by atomic mass is 32.2. The van der Waals surface area contributed by atoms with Crippen LogP contribution in [-0.2, 0) is 9.59 Å². The topological polar surface area (TPSA) is 130 Å². The van der Waals surface area contributed by atoms with E-state index >= 15 is 0 Å². The molecule has 1 heterocycles. The van der Waals surface area contributed by atoms with E-state index in [1.54, 1.807) is 0 Å². The summed E-state index contributed by atoms with van der Waals surface area (Å²) in [7, 11) is 0. The van der Waals surface area contributed by atoms with E-state index in [1.807, 2.05) is 0 Å². The van der Waals surface area contributed by atoms with Gasteiger partial charge >= 0.3 is 5.69 Å². The third-order valence-electron chi connectivity index (χ3n) is 3.80. The maximum absolute atomic E-state index is 12.9. The molecule has 0 unspecified atom stereocenters. The lowest BCUT2D eigenvalue weighted by Crippen LogP contribution is -2.36. The lowest BCUT2D eigenvalue weighted by molar-refractivity contribution is -0.385. The predicted molar refractivity (Wildman–Crippen MR) is 102 cm³/mol. The summed E-state index contributed by atoms with van der Waals surface area (Å²) in [6, 6.07) is 8.47. The number of phenolic OH excluding ortho intramolecular Hbond substituents is 1. The van der Waals surface area contributed by atoms with Gasteiger partial charge in [-0.2, -0.15) is 0 Å². The van der Waals surface area contributed by atoms with Gasteiger partial charge in [0.25, 0.3) is 11.1 Å². The van der Waals surface area contributed by atoms with Crippen LogP contribution in [0.2, 0.25) is 0 Å². The molecule has 0 aliphatic carbocycles. The molecule has 1 aliphatic rings. The molecule has 0 bridgehead atoms. The van der Waals surface area contributed by atoms with Crippen molar-refractivity contribution in [1.82, 2.24) is 4.90 Å². The Labute approximate surface area is 167 Å². The molecule has 9 nitrogen and oxygen atoms in total. The lowest BCUT2D eigenvalue weighted by Gasteiger charge is -2.12. The van der Waals surface area contributed by atoms with Gasteiger partial charge in [0.15, 0.2) is 5.75 Å². The molecular weight excluding hydrogens is 405 g/mol. The van der Waals surface area contributed by atoms with Gasteiger partial charge < -0.3 is 10.4 Å². The van der Waals surface area contributed by atoms with Crippen molar-refractivity contribution in [3.05, 3.63) is 68.9 Å². The van der Waals surface area contributed by atoms with Crippen molar-refractivity contribution in [1.29, 1.82) is 0 Å². The summed E-state index contributed by atoms with van der Waals surface area (Å²) in [5.74, 6) is -2.39. The molecule has 0 radical (unpaired) electrons. The van der Waals surface area contributed by atoms with Crippen LogP contribution in [0.5, 0.6) is 5.75 Å². The van der Waals surface area contributed by atoms with Crippen molar-refractivity contribution in [3.63, 3.8) is 0 Å². The smallest absolute Gasteiger partial charge is 0.311 e. The van der Waals surface area contributed by atoms with Crippen molar-refractivity contribution in [3.8, 4) is 5.75 Å². The summed E-state index contributed by atoms with van der Waals surface area (Å²) < 4.78 is 12.9. The lowest BCUT2D eigenvalue weighted by atomic mass is 10.1. The first-order chi connectivity index (χ1) is 13.7. The highest BCUT2D eigenvalue weighted by molar-refractivity contribution is 8.18. The number of phenols is 1. The molecule has 0 saturated carbocycles.